The molecule has 30 heavy (non-hydrogen) atoms. The molecule has 12 heteroatoms. The standard InChI is InChI=1S/C18H16N6O6/c1-2-6-15(17-18(25)30-21-22(17)12-7-4-3-5-8-12)20-19-14-10-9-13(23(26)27)11-16(14)24(28)29/h3-5,7-11,21H,2,6H2,1H3/b17-15+,20-19?. The first-order chi connectivity index (χ1) is 14.4. The highest BCUT2D eigenvalue weighted by molar-refractivity contribution is 5.95. The van der Waals surface area contributed by atoms with Crippen LogP contribution in [-0.4, -0.2) is 15.8 Å². The molecule has 0 aromatic heterocycles. The van der Waals surface area contributed by atoms with E-state index in [2.05, 4.69) is 15.8 Å². The van der Waals surface area contributed by atoms with Crippen LogP contribution in [0.3, 0.4) is 0 Å². The van der Waals surface area contributed by atoms with E-state index < -0.39 is 27.2 Å². The molecule has 0 bridgehead atoms. The van der Waals surface area contributed by atoms with Crippen LogP contribution in [-0.2, 0) is 9.63 Å². The summed E-state index contributed by atoms with van der Waals surface area (Å²) in [7, 11) is 0. The predicted octanol–water partition coefficient (Wildman–Crippen LogP) is 4.08. The Labute approximate surface area is 169 Å². The second kappa shape index (κ2) is 8.87. The average molecular weight is 412 g/mol. The molecule has 12 nitrogen and oxygen atoms in total. The largest absolute Gasteiger partial charge is 0.378 e. The van der Waals surface area contributed by atoms with Crippen molar-refractivity contribution in [3.63, 3.8) is 0 Å². The van der Waals surface area contributed by atoms with Crippen LogP contribution in [0.25, 0.3) is 0 Å². The lowest BCUT2D eigenvalue weighted by molar-refractivity contribution is -0.393. The van der Waals surface area contributed by atoms with Gasteiger partial charge in [-0.05, 0) is 24.6 Å². The van der Waals surface area contributed by atoms with E-state index in [4.69, 9.17) is 4.84 Å². The van der Waals surface area contributed by atoms with Gasteiger partial charge >= 0.3 is 11.7 Å². The number of rotatable bonds is 7. The Morgan fingerprint density at radius 2 is 1.87 bits per heavy atom. The summed E-state index contributed by atoms with van der Waals surface area (Å²) in [5.41, 5.74) is 2.27. The van der Waals surface area contributed by atoms with Crippen molar-refractivity contribution in [3.05, 3.63) is 80.2 Å². The first kappa shape index (κ1) is 20.5. The molecule has 1 heterocycles. The molecule has 2 aromatic rings. The van der Waals surface area contributed by atoms with Crippen LogP contribution >= 0.6 is 0 Å². The number of anilines is 1. The molecule has 2 aromatic carbocycles. The summed E-state index contributed by atoms with van der Waals surface area (Å²) in [6.45, 7) is 1.87. The fourth-order valence-electron chi connectivity index (χ4n) is 2.70. The molecule has 0 saturated carbocycles. The van der Waals surface area contributed by atoms with Crippen molar-refractivity contribution in [1.29, 1.82) is 0 Å². The van der Waals surface area contributed by atoms with Gasteiger partial charge in [-0.2, -0.15) is 5.11 Å². The third-order valence-electron chi connectivity index (χ3n) is 4.07. The Morgan fingerprint density at radius 3 is 2.50 bits per heavy atom. The van der Waals surface area contributed by atoms with Crippen LogP contribution in [0.15, 0.2) is 70.2 Å². The Balaban J connectivity index is 2.05. The Hall–Kier alpha value is -4.19. The average Bonchev–Trinajstić information content (AvgIpc) is 3.12. The Kier molecular flexibility index (Phi) is 6.08. The molecule has 0 atom stereocenters. The van der Waals surface area contributed by atoms with Crippen molar-refractivity contribution < 1.29 is 19.5 Å². The first-order valence-electron chi connectivity index (χ1n) is 8.82. The second-order valence-corrected chi connectivity index (χ2v) is 6.08. The molecule has 1 aliphatic heterocycles. The normalized spacial score (nSPS) is 15.4. The van der Waals surface area contributed by atoms with Crippen molar-refractivity contribution in [2.45, 2.75) is 19.8 Å². The number of carbonyl (C=O) groups is 1. The molecule has 3 rings (SSSR count). The number of hydrogen-bond acceptors (Lipinski definition) is 10. The number of azo groups is 1. The molecule has 0 aliphatic carbocycles. The number of benzene rings is 2. The van der Waals surface area contributed by atoms with Crippen LogP contribution in [0.4, 0.5) is 22.7 Å². The zero-order valence-corrected chi connectivity index (χ0v) is 15.7. The minimum Gasteiger partial charge on any atom is -0.345 e. The smallest absolute Gasteiger partial charge is 0.345 e. The van der Waals surface area contributed by atoms with Crippen LogP contribution in [0.1, 0.15) is 19.8 Å². The lowest BCUT2D eigenvalue weighted by Gasteiger charge is -2.16. The quantitative estimate of drug-likeness (QED) is 0.309. The highest BCUT2D eigenvalue weighted by atomic mass is 16.7. The van der Waals surface area contributed by atoms with Crippen LogP contribution in [0.5, 0.6) is 0 Å². The van der Waals surface area contributed by atoms with Crippen molar-refractivity contribution in [2.24, 2.45) is 10.2 Å². The number of para-hydroxylation sites is 1. The molecule has 0 amide bonds. The lowest BCUT2D eigenvalue weighted by atomic mass is 10.2. The highest BCUT2D eigenvalue weighted by Crippen LogP contribution is 2.33. The lowest BCUT2D eigenvalue weighted by Crippen LogP contribution is -2.29. The van der Waals surface area contributed by atoms with Crippen LogP contribution in [0.2, 0.25) is 0 Å². The molecular weight excluding hydrogens is 396 g/mol. The third-order valence-corrected chi connectivity index (χ3v) is 4.07. The van der Waals surface area contributed by atoms with Gasteiger partial charge in [0.1, 0.15) is 0 Å². The van der Waals surface area contributed by atoms with E-state index in [1.54, 1.807) is 24.3 Å². The SMILES string of the molecule is CCC/C(N=Nc1ccc([N+](=O)[O-])cc1[N+](=O)[O-])=C1/C(=O)ONN1c1ccccc1. The number of hydrogen-bond donors (Lipinski definition) is 1. The van der Waals surface area contributed by atoms with E-state index in [1.807, 2.05) is 13.0 Å². The van der Waals surface area contributed by atoms with Gasteiger partial charge in [-0.1, -0.05) is 37.1 Å². The van der Waals surface area contributed by atoms with E-state index in [9.17, 15) is 25.0 Å². The van der Waals surface area contributed by atoms with Gasteiger partial charge in [-0.15, -0.1) is 5.11 Å². The monoisotopic (exact) mass is 412 g/mol. The summed E-state index contributed by atoms with van der Waals surface area (Å²) < 4.78 is 0. The molecule has 1 aliphatic rings. The number of nitrogens with one attached hydrogen (secondary N) is 1. The van der Waals surface area contributed by atoms with E-state index in [0.717, 1.165) is 18.2 Å². The van der Waals surface area contributed by atoms with Crippen molar-refractivity contribution in [1.82, 2.24) is 5.59 Å². The van der Waals surface area contributed by atoms with Crippen LogP contribution in [0, 0.1) is 20.2 Å². The number of hydrazine groups is 1. The molecule has 1 N–H and O–H groups in total. The molecule has 1 fully saturated rings. The van der Waals surface area contributed by atoms with Crippen LogP contribution < -0.4 is 10.6 Å². The zero-order chi connectivity index (χ0) is 21.7. The predicted molar refractivity (Wildman–Crippen MR) is 104 cm³/mol. The minimum absolute atomic E-state index is 0.0939. The molecule has 0 radical (unpaired) electrons. The van der Waals surface area contributed by atoms with E-state index in [-0.39, 0.29) is 17.1 Å². The van der Waals surface area contributed by atoms with Gasteiger partial charge in [-0.25, -0.2) is 9.80 Å². The Bertz CT molecular complexity index is 1050. The van der Waals surface area contributed by atoms with Gasteiger partial charge in [0.05, 0.1) is 27.3 Å². The number of nitro benzene ring substituents is 2. The van der Waals surface area contributed by atoms with Crippen molar-refractivity contribution >= 4 is 28.7 Å². The van der Waals surface area contributed by atoms with E-state index in [0.29, 0.717) is 18.5 Å². The fraction of sp³-hybridized carbons (Fsp3) is 0.167. The van der Waals surface area contributed by atoms with Gasteiger partial charge < -0.3 is 4.84 Å². The summed E-state index contributed by atoms with van der Waals surface area (Å²) in [6.07, 6.45) is 0.940. The highest BCUT2D eigenvalue weighted by Gasteiger charge is 2.32. The van der Waals surface area contributed by atoms with Gasteiger partial charge in [0, 0.05) is 6.07 Å². The van der Waals surface area contributed by atoms with Crippen molar-refractivity contribution in [3.8, 4) is 0 Å². The van der Waals surface area contributed by atoms with Crippen molar-refractivity contribution in [2.75, 3.05) is 5.01 Å². The molecule has 1 saturated heterocycles. The molecular formula is C18H16N6O6. The summed E-state index contributed by atoms with van der Waals surface area (Å²) in [5.74, 6) is -0.681. The number of nitrogens with zero attached hydrogens (tertiary/aromatic N) is 5. The molecule has 0 unspecified atom stereocenters. The van der Waals surface area contributed by atoms with Gasteiger partial charge in [0.25, 0.3) is 5.69 Å². The zero-order valence-electron chi connectivity index (χ0n) is 15.7. The topological polar surface area (TPSA) is 153 Å². The van der Waals surface area contributed by atoms with Gasteiger partial charge in [0.15, 0.2) is 11.4 Å². The fourth-order valence-corrected chi connectivity index (χ4v) is 2.70. The maximum Gasteiger partial charge on any atom is 0.378 e. The maximum atomic E-state index is 12.3. The van der Waals surface area contributed by atoms with Gasteiger partial charge in [-0.3, -0.25) is 20.2 Å². The third kappa shape index (κ3) is 4.28. The number of carbonyl (C=O) groups excluding carboxylic acids is 1. The number of allylic oxidation sites excluding steroid dienone is 1. The second-order valence-electron chi connectivity index (χ2n) is 6.08. The molecule has 154 valence electrons. The summed E-state index contributed by atoms with van der Waals surface area (Å²) in [4.78, 5) is 37.9. The minimum atomic E-state index is -0.782. The molecule has 0 spiro atoms. The summed E-state index contributed by atoms with van der Waals surface area (Å²) >= 11 is 0. The number of non-ortho nitro benzene ring substituents is 1. The first-order valence-corrected chi connectivity index (χ1v) is 8.82. The Morgan fingerprint density at radius 1 is 1.13 bits per heavy atom. The van der Waals surface area contributed by atoms with E-state index >= 15 is 0 Å². The van der Waals surface area contributed by atoms with E-state index in [1.165, 1.54) is 5.01 Å². The summed E-state index contributed by atoms with van der Waals surface area (Å²) in [6, 6.07) is 11.9. The maximum absolute atomic E-state index is 12.3. The van der Waals surface area contributed by atoms with Gasteiger partial charge in [0.2, 0.25) is 0 Å². The number of nitro groups is 2. The summed E-state index contributed by atoms with van der Waals surface area (Å²) in [5, 5.41) is 31.5.